The molecule has 4 rings (SSSR count). The summed E-state index contributed by atoms with van der Waals surface area (Å²) >= 11 is -1.29. The Balaban J connectivity index is 1.98. The maximum Gasteiger partial charge on any atom is 0.423 e. The van der Waals surface area contributed by atoms with E-state index in [1.54, 1.807) is 0 Å². The van der Waals surface area contributed by atoms with Crippen LogP contribution in [0.2, 0.25) is 0 Å². The summed E-state index contributed by atoms with van der Waals surface area (Å²) in [6.07, 6.45) is -8.15. The van der Waals surface area contributed by atoms with Crippen molar-refractivity contribution in [3.8, 4) is 0 Å². The molecule has 0 radical (unpaired) electrons. The van der Waals surface area contributed by atoms with E-state index in [-0.39, 0.29) is 17.8 Å². The van der Waals surface area contributed by atoms with Crippen molar-refractivity contribution in [1.29, 1.82) is 0 Å². The first-order chi connectivity index (χ1) is 12.4. The van der Waals surface area contributed by atoms with Crippen LogP contribution in [0.1, 0.15) is 38.5 Å². The maximum atomic E-state index is 13.6. The van der Waals surface area contributed by atoms with Gasteiger partial charge in [0.05, 0.1) is 12.0 Å². The molecule has 1 N–H and O–H groups in total. The van der Waals surface area contributed by atoms with Gasteiger partial charge in [-0.05, 0) is 56.3 Å². The van der Waals surface area contributed by atoms with Crippen LogP contribution in [0.25, 0.3) is 0 Å². The molecule has 0 heterocycles. The second kappa shape index (κ2) is 6.67. The molecule has 27 heavy (non-hydrogen) atoms. The number of hydrogen-bond acceptors (Lipinski definition) is 5. The lowest BCUT2D eigenvalue weighted by molar-refractivity contribution is -0.434. The van der Waals surface area contributed by atoms with E-state index in [1.165, 1.54) is 0 Å². The summed E-state index contributed by atoms with van der Waals surface area (Å²) in [4.78, 5) is 13.4. The van der Waals surface area contributed by atoms with Gasteiger partial charge in [-0.1, -0.05) is 5.04 Å². The van der Waals surface area contributed by atoms with Gasteiger partial charge in [-0.3, -0.25) is 4.79 Å². The average Bonchev–Trinajstić information content (AvgIpc) is 2.50. The fourth-order valence-corrected chi connectivity index (χ4v) is 6.06. The van der Waals surface area contributed by atoms with Crippen molar-refractivity contribution in [3.05, 3.63) is 0 Å². The van der Waals surface area contributed by atoms with Gasteiger partial charge in [0, 0.05) is 12.6 Å². The van der Waals surface area contributed by atoms with Crippen LogP contribution in [0.4, 0.5) is 26.3 Å². The molecule has 0 aromatic heterocycles. The predicted octanol–water partition coefficient (Wildman–Crippen LogP) is 4.35. The number of nitrogens with zero attached hydrogens (tertiary/aromatic N) is 1. The Bertz CT molecular complexity index is 547. The summed E-state index contributed by atoms with van der Waals surface area (Å²) < 4.78 is 80.1. The molecule has 1 amide bonds. The van der Waals surface area contributed by atoms with Gasteiger partial charge in [-0.25, -0.2) is 5.26 Å². The molecule has 4 bridgehead atoms. The molecule has 0 aliphatic heterocycles. The molecule has 156 valence electrons. The highest BCUT2D eigenvalue weighted by Crippen LogP contribution is 2.60. The van der Waals surface area contributed by atoms with Gasteiger partial charge >= 0.3 is 17.1 Å². The predicted molar refractivity (Wildman–Crippen MR) is 80.9 cm³/mol. The zero-order chi connectivity index (χ0) is 20.3. The molecule has 0 spiro atoms. The topological polar surface area (TPSA) is 59.0 Å². The summed E-state index contributed by atoms with van der Waals surface area (Å²) in [7, 11) is 1.00. The summed E-state index contributed by atoms with van der Waals surface area (Å²) in [6, 6.07) is 0. The van der Waals surface area contributed by atoms with Gasteiger partial charge in [-0.15, -0.1) is 4.33 Å². The number of hydrogen-bond donors (Lipinski definition) is 1. The Morgan fingerprint density at radius 3 is 1.74 bits per heavy atom. The Hall–Kier alpha value is -0.720. The Kier molecular flexibility index (Phi) is 5.19. The fourth-order valence-electron chi connectivity index (χ4n) is 5.53. The number of amides is 1. The largest absolute Gasteiger partial charge is 0.423 e. The van der Waals surface area contributed by atoms with Crippen LogP contribution in [0.5, 0.6) is 0 Å². The number of rotatable bonds is 5. The molecule has 4 fully saturated rings. The molecule has 0 saturated heterocycles. The van der Waals surface area contributed by atoms with Crippen molar-refractivity contribution in [2.75, 3.05) is 7.05 Å². The van der Waals surface area contributed by atoms with Crippen molar-refractivity contribution < 1.29 is 45.8 Å². The van der Waals surface area contributed by atoms with E-state index < -0.39 is 40.6 Å². The van der Waals surface area contributed by atoms with Crippen LogP contribution in [0.15, 0.2) is 0 Å². The van der Waals surface area contributed by atoms with Crippen molar-refractivity contribution >= 4 is 17.9 Å². The van der Waals surface area contributed by atoms with Gasteiger partial charge in [0.1, 0.15) is 0 Å². The van der Waals surface area contributed by atoms with Crippen LogP contribution in [-0.4, -0.2) is 45.8 Å². The lowest BCUT2D eigenvalue weighted by atomic mass is 9.52. The van der Waals surface area contributed by atoms with Gasteiger partial charge < -0.3 is 4.90 Å². The van der Waals surface area contributed by atoms with Gasteiger partial charge in [0.2, 0.25) is 0 Å². The standard InChI is InChI=1S/C15H19F6NO4S/c1-22(12-5-8-2-9(6-12)4-10(3-8)7-12)11(23)13(14(16,17)18,15(19,20)21)27-26-25-24/h8-10,24H,2-7H2,1H3. The van der Waals surface area contributed by atoms with Gasteiger partial charge in [-0.2, -0.15) is 26.3 Å². The molecule has 0 aromatic carbocycles. The van der Waals surface area contributed by atoms with Crippen molar-refractivity contribution in [2.24, 2.45) is 17.8 Å². The molecular formula is C15H19F6NO4S. The highest BCUT2D eigenvalue weighted by Gasteiger charge is 2.79. The molecule has 0 aromatic rings. The second-order valence-corrected chi connectivity index (χ2v) is 8.82. The lowest BCUT2D eigenvalue weighted by Crippen LogP contribution is -2.69. The normalized spacial score (nSPS) is 33.4. The van der Waals surface area contributed by atoms with Crippen LogP contribution in [0.3, 0.4) is 0 Å². The highest BCUT2D eigenvalue weighted by atomic mass is 32.2. The molecule has 0 atom stereocenters. The van der Waals surface area contributed by atoms with E-state index in [1.807, 2.05) is 0 Å². The third-order valence-corrected chi connectivity index (χ3v) is 7.33. The fraction of sp³-hybridized carbons (Fsp3) is 0.933. The molecule has 0 unspecified atom stereocenters. The average molecular weight is 423 g/mol. The monoisotopic (exact) mass is 423 g/mol. The van der Waals surface area contributed by atoms with Gasteiger partial charge in [0.15, 0.2) is 0 Å². The minimum Gasteiger partial charge on any atom is -0.338 e. The van der Waals surface area contributed by atoms with Crippen LogP contribution < -0.4 is 0 Å². The van der Waals surface area contributed by atoms with Crippen molar-refractivity contribution in [3.63, 3.8) is 0 Å². The Morgan fingerprint density at radius 2 is 1.41 bits per heavy atom. The lowest BCUT2D eigenvalue weighted by Gasteiger charge is -2.60. The van der Waals surface area contributed by atoms with Crippen LogP contribution in [-0.2, 0) is 14.2 Å². The smallest absolute Gasteiger partial charge is 0.338 e. The Morgan fingerprint density at radius 1 is 1.00 bits per heavy atom. The number of alkyl halides is 6. The molecule has 4 aliphatic rings. The zero-order valence-corrected chi connectivity index (χ0v) is 15.1. The Labute approximate surface area is 155 Å². The number of carbonyl (C=O) groups is 1. The van der Waals surface area contributed by atoms with Crippen LogP contribution >= 0.6 is 12.0 Å². The van der Waals surface area contributed by atoms with E-state index >= 15 is 0 Å². The SMILES string of the molecule is CN(C(=O)C(SOOO)(C(F)(F)F)C(F)(F)F)C12CC3CC(CC(C3)C1)C2. The minimum atomic E-state index is -6.03. The molecule has 4 saturated carbocycles. The number of carbonyl (C=O) groups excluding carboxylic acids is 1. The first-order valence-electron chi connectivity index (χ1n) is 8.44. The maximum absolute atomic E-state index is 13.6. The molecule has 4 aliphatic carbocycles. The first kappa shape index (κ1) is 21.0. The quantitative estimate of drug-likeness (QED) is 0.309. The van der Waals surface area contributed by atoms with E-state index in [0.717, 1.165) is 26.3 Å². The summed E-state index contributed by atoms with van der Waals surface area (Å²) in [6.45, 7) is 0. The van der Waals surface area contributed by atoms with Crippen molar-refractivity contribution in [1.82, 2.24) is 4.90 Å². The second-order valence-electron chi connectivity index (χ2n) is 7.91. The third kappa shape index (κ3) is 3.22. The summed E-state index contributed by atoms with van der Waals surface area (Å²) in [5, 5.41) is 11.1. The van der Waals surface area contributed by atoms with E-state index in [9.17, 15) is 31.1 Å². The first-order valence-corrected chi connectivity index (χ1v) is 9.18. The van der Waals surface area contributed by atoms with E-state index in [4.69, 9.17) is 5.26 Å². The highest BCUT2D eigenvalue weighted by molar-refractivity contribution is 7.97. The third-order valence-electron chi connectivity index (χ3n) is 6.31. The van der Waals surface area contributed by atoms with Gasteiger partial charge in [0.25, 0.3) is 5.91 Å². The van der Waals surface area contributed by atoms with E-state index in [2.05, 4.69) is 9.37 Å². The molecular weight excluding hydrogens is 404 g/mol. The molecule has 5 nitrogen and oxygen atoms in total. The minimum absolute atomic E-state index is 0.211. The van der Waals surface area contributed by atoms with E-state index in [0.29, 0.717) is 24.2 Å². The zero-order valence-electron chi connectivity index (χ0n) is 14.3. The van der Waals surface area contributed by atoms with Crippen LogP contribution in [0, 0.1) is 17.8 Å². The number of halogens is 6. The summed E-state index contributed by atoms with van der Waals surface area (Å²) in [5.74, 6) is -1.53. The molecule has 12 heteroatoms. The summed E-state index contributed by atoms with van der Waals surface area (Å²) in [5.41, 5.74) is -1.02. The van der Waals surface area contributed by atoms with Crippen molar-refractivity contribution in [2.45, 2.75) is 61.2 Å².